The van der Waals surface area contributed by atoms with Crippen LogP contribution in [0.2, 0.25) is 0 Å². The molecule has 1 heterocycles. The number of nitrogens with two attached hydrogens (primary N) is 1. The van der Waals surface area contributed by atoms with Crippen LogP contribution in [0.25, 0.3) is 0 Å². The largest absolute Gasteiger partial charge is 0.368 e. The van der Waals surface area contributed by atoms with Crippen LogP contribution in [0.15, 0.2) is 0 Å². The molecule has 1 aliphatic rings. The highest BCUT2D eigenvalue weighted by Crippen LogP contribution is 2.22. The van der Waals surface area contributed by atoms with Crippen molar-refractivity contribution in [3.8, 4) is 0 Å². The maximum absolute atomic E-state index is 11.5. The fourth-order valence-electron chi connectivity index (χ4n) is 3.32. The van der Waals surface area contributed by atoms with Crippen molar-refractivity contribution in [2.45, 2.75) is 52.5 Å². The van der Waals surface area contributed by atoms with Crippen molar-refractivity contribution in [2.24, 2.45) is 17.6 Å². The molecule has 4 nitrogen and oxygen atoms in total. The summed E-state index contributed by atoms with van der Waals surface area (Å²) in [5, 5.41) is 3.22. The van der Waals surface area contributed by atoms with Gasteiger partial charge in [-0.1, -0.05) is 20.8 Å². The van der Waals surface area contributed by atoms with Crippen LogP contribution in [0.3, 0.4) is 0 Å². The third kappa shape index (κ3) is 5.11. The van der Waals surface area contributed by atoms with Crippen molar-refractivity contribution in [1.29, 1.82) is 0 Å². The van der Waals surface area contributed by atoms with Crippen LogP contribution in [-0.4, -0.2) is 42.5 Å². The molecule has 0 radical (unpaired) electrons. The first-order valence-electron chi connectivity index (χ1n) is 7.64. The lowest BCUT2D eigenvalue weighted by atomic mass is 9.91. The second-order valence-corrected chi connectivity index (χ2v) is 6.54. The number of rotatable bonds is 7. The maximum Gasteiger partial charge on any atom is 0.237 e. The predicted molar refractivity (Wildman–Crippen MR) is 79.9 cm³/mol. The van der Waals surface area contributed by atoms with Gasteiger partial charge in [-0.25, -0.2) is 0 Å². The molecule has 0 spiro atoms. The van der Waals surface area contributed by atoms with Crippen LogP contribution in [0.4, 0.5) is 0 Å². The van der Waals surface area contributed by atoms with Gasteiger partial charge in [-0.15, -0.1) is 0 Å². The number of hydrogen-bond acceptors (Lipinski definition) is 3. The molecular weight excluding hydrogens is 238 g/mol. The highest BCUT2D eigenvalue weighted by atomic mass is 16.1. The van der Waals surface area contributed by atoms with E-state index in [1.54, 1.807) is 0 Å². The monoisotopic (exact) mass is 269 g/mol. The number of carbonyl (C=O) groups excluding carboxylic acids is 1. The molecule has 0 aromatic heterocycles. The number of amides is 1. The van der Waals surface area contributed by atoms with Crippen LogP contribution in [-0.2, 0) is 4.79 Å². The first-order chi connectivity index (χ1) is 8.87. The molecule has 3 unspecified atom stereocenters. The van der Waals surface area contributed by atoms with E-state index in [0.717, 1.165) is 37.8 Å². The van der Waals surface area contributed by atoms with E-state index < -0.39 is 5.54 Å². The second kappa shape index (κ2) is 7.25. The molecule has 3 atom stereocenters. The third-order valence-corrected chi connectivity index (χ3v) is 4.21. The van der Waals surface area contributed by atoms with Crippen LogP contribution in [0.1, 0.15) is 47.0 Å². The molecule has 0 bridgehead atoms. The van der Waals surface area contributed by atoms with Gasteiger partial charge >= 0.3 is 0 Å². The number of likely N-dealkylation sites (N-methyl/N-ethyl adjacent to an activating group) is 1. The van der Waals surface area contributed by atoms with Gasteiger partial charge in [-0.05, 0) is 51.1 Å². The number of piperidine rings is 1. The van der Waals surface area contributed by atoms with Crippen LogP contribution < -0.4 is 11.1 Å². The number of carbonyl (C=O) groups is 1. The Balaban J connectivity index is 2.37. The standard InChI is InChI=1S/C15H31N3O/c1-5-17-15(4,14(16)19)7-6-8-18-10-12(2)9-13(3)11-18/h12-13,17H,5-11H2,1-4H3,(H2,16,19). The van der Waals surface area contributed by atoms with Gasteiger partial charge in [-0.3, -0.25) is 4.79 Å². The molecule has 0 aliphatic carbocycles. The van der Waals surface area contributed by atoms with Crippen molar-refractivity contribution >= 4 is 5.91 Å². The molecule has 112 valence electrons. The Morgan fingerprint density at radius 3 is 2.42 bits per heavy atom. The predicted octanol–water partition coefficient (Wildman–Crippen LogP) is 1.60. The fourth-order valence-corrected chi connectivity index (χ4v) is 3.32. The van der Waals surface area contributed by atoms with Gasteiger partial charge in [-0.2, -0.15) is 0 Å². The Morgan fingerprint density at radius 2 is 1.95 bits per heavy atom. The van der Waals surface area contributed by atoms with E-state index in [1.807, 2.05) is 13.8 Å². The summed E-state index contributed by atoms with van der Waals surface area (Å²) in [6.07, 6.45) is 3.17. The summed E-state index contributed by atoms with van der Waals surface area (Å²) < 4.78 is 0. The van der Waals surface area contributed by atoms with Gasteiger partial charge < -0.3 is 16.0 Å². The summed E-state index contributed by atoms with van der Waals surface area (Å²) in [6.45, 7) is 12.8. The Bertz CT molecular complexity index is 285. The molecule has 0 aromatic rings. The van der Waals surface area contributed by atoms with Gasteiger partial charge in [0.15, 0.2) is 0 Å². The average Bonchev–Trinajstić information content (AvgIpc) is 2.27. The molecule has 1 fully saturated rings. The normalized spacial score (nSPS) is 28.0. The second-order valence-electron chi connectivity index (χ2n) is 6.54. The Morgan fingerprint density at radius 1 is 1.37 bits per heavy atom. The lowest BCUT2D eigenvalue weighted by Gasteiger charge is -2.35. The smallest absolute Gasteiger partial charge is 0.237 e. The summed E-state index contributed by atoms with van der Waals surface area (Å²) in [7, 11) is 0. The van der Waals surface area contributed by atoms with Crippen molar-refractivity contribution in [3.63, 3.8) is 0 Å². The first kappa shape index (κ1) is 16.4. The molecule has 0 saturated carbocycles. The number of hydrogen-bond donors (Lipinski definition) is 2. The van der Waals surface area contributed by atoms with E-state index >= 15 is 0 Å². The summed E-state index contributed by atoms with van der Waals surface area (Å²) in [4.78, 5) is 14.1. The van der Waals surface area contributed by atoms with Gasteiger partial charge in [0.25, 0.3) is 0 Å². The molecule has 1 amide bonds. The number of nitrogens with one attached hydrogen (secondary N) is 1. The topological polar surface area (TPSA) is 58.4 Å². The van der Waals surface area contributed by atoms with Gasteiger partial charge in [0.05, 0.1) is 5.54 Å². The van der Waals surface area contributed by atoms with Crippen molar-refractivity contribution in [2.75, 3.05) is 26.2 Å². The highest BCUT2D eigenvalue weighted by molar-refractivity contribution is 5.84. The average molecular weight is 269 g/mol. The SMILES string of the molecule is CCNC(C)(CCCN1CC(C)CC(C)C1)C(N)=O. The molecule has 1 saturated heterocycles. The number of primary amides is 1. The Hall–Kier alpha value is -0.610. The van der Waals surface area contributed by atoms with Crippen molar-refractivity contribution in [3.05, 3.63) is 0 Å². The summed E-state index contributed by atoms with van der Waals surface area (Å²) in [5.41, 5.74) is 4.95. The van der Waals surface area contributed by atoms with Gasteiger partial charge in [0, 0.05) is 13.1 Å². The summed E-state index contributed by atoms with van der Waals surface area (Å²) >= 11 is 0. The maximum atomic E-state index is 11.5. The van der Waals surface area contributed by atoms with E-state index in [1.165, 1.54) is 19.5 Å². The summed E-state index contributed by atoms with van der Waals surface area (Å²) in [5.74, 6) is 1.34. The minimum absolute atomic E-state index is 0.241. The van der Waals surface area contributed by atoms with E-state index in [2.05, 4.69) is 24.1 Å². The van der Waals surface area contributed by atoms with Crippen LogP contribution >= 0.6 is 0 Å². The fraction of sp³-hybridized carbons (Fsp3) is 0.933. The lowest BCUT2D eigenvalue weighted by Crippen LogP contribution is -2.53. The van der Waals surface area contributed by atoms with E-state index in [9.17, 15) is 4.79 Å². The zero-order valence-corrected chi connectivity index (χ0v) is 13.0. The zero-order chi connectivity index (χ0) is 14.5. The molecule has 3 N–H and O–H groups in total. The van der Waals surface area contributed by atoms with Gasteiger partial charge in [0.2, 0.25) is 5.91 Å². The molecule has 19 heavy (non-hydrogen) atoms. The van der Waals surface area contributed by atoms with Crippen molar-refractivity contribution in [1.82, 2.24) is 10.2 Å². The Labute approximate surface area is 118 Å². The van der Waals surface area contributed by atoms with Crippen molar-refractivity contribution < 1.29 is 4.79 Å². The highest BCUT2D eigenvalue weighted by Gasteiger charge is 2.30. The molecule has 4 heteroatoms. The van der Waals surface area contributed by atoms with Gasteiger partial charge in [0.1, 0.15) is 0 Å². The van der Waals surface area contributed by atoms with Crippen LogP contribution in [0.5, 0.6) is 0 Å². The molecular formula is C15H31N3O. The number of nitrogens with zero attached hydrogens (tertiary/aromatic N) is 1. The minimum Gasteiger partial charge on any atom is -0.368 e. The Kier molecular flexibility index (Phi) is 6.27. The molecule has 1 aliphatic heterocycles. The number of likely N-dealkylation sites (tertiary alicyclic amines) is 1. The lowest BCUT2D eigenvalue weighted by molar-refractivity contribution is -0.124. The van der Waals surface area contributed by atoms with E-state index in [4.69, 9.17) is 5.73 Å². The third-order valence-electron chi connectivity index (χ3n) is 4.21. The summed E-state index contributed by atoms with van der Waals surface area (Å²) in [6, 6.07) is 0. The van der Waals surface area contributed by atoms with E-state index in [-0.39, 0.29) is 5.91 Å². The first-order valence-corrected chi connectivity index (χ1v) is 7.64. The van der Waals surface area contributed by atoms with Crippen LogP contribution in [0, 0.1) is 11.8 Å². The quantitative estimate of drug-likeness (QED) is 0.738. The molecule has 1 rings (SSSR count). The minimum atomic E-state index is -0.554. The molecule has 0 aromatic carbocycles. The zero-order valence-electron chi connectivity index (χ0n) is 13.0. The van der Waals surface area contributed by atoms with E-state index in [0.29, 0.717) is 0 Å².